The molecule has 0 saturated heterocycles. The molecular formula is C16H16ClNO3. The number of phenols is 1. The van der Waals surface area contributed by atoms with Crippen molar-refractivity contribution in [2.75, 3.05) is 12.4 Å². The number of phenolic OH excluding ortho intramolecular Hbond substituents is 1. The van der Waals surface area contributed by atoms with Crippen LogP contribution in [0, 0.1) is 6.92 Å². The molecule has 110 valence electrons. The number of carbonyl (C=O) groups is 1. The number of benzene rings is 2. The van der Waals surface area contributed by atoms with Gasteiger partial charge in [0, 0.05) is 22.8 Å². The molecule has 0 spiro atoms. The number of ether oxygens (including phenoxy) is 1. The fraction of sp³-hybridized carbons (Fsp3) is 0.188. The number of aryl methyl sites for hydroxylation is 1. The summed E-state index contributed by atoms with van der Waals surface area (Å²) in [5.41, 5.74) is 2.62. The molecule has 5 heteroatoms. The molecule has 2 N–H and O–H groups in total. The Morgan fingerprint density at radius 1 is 1.33 bits per heavy atom. The Kier molecular flexibility index (Phi) is 4.70. The number of halogens is 1. The highest BCUT2D eigenvalue weighted by atomic mass is 35.5. The fourth-order valence-electron chi connectivity index (χ4n) is 2.00. The lowest BCUT2D eigenvalue weighted by atomic mass is 10.1. The van der Waals surface area contributed by atoms with E-state index in [1.165, 1.54) is 7.11 Å². The summed E-state index contributed by atoms with van der Waals surface area (Å²) >= 11 is 6.06. The third kappa shape index (κ3) is 3.47. The number of methoxy groups -OCH3 is 1. The Balaban J connectivity index is 2.26. The summed E-state index contributed by atoms with van der Waals surface area (Å²) < 4.78 is 4.78. The van der Waals surface area contributed by atoms with Gasteiger partial charge in [0.05, 0.1) is 12.7 Å². The number of hydrogen-bond donors (Lipinski definition) is 2. The first-order chi connectivity index (χ1) is 10.0. The van der Waals surface area contributed by atoms with Crippen LogP contribution in [0.4, 0.5) is 5.69 Å². The highest BCUT2D eigenvalue weighted by Gasteiger charge is 2.13. The molecule has 0 bridgehead atoms. The van der Waals surface area contributed by atoms with E-state index in [4.69, 9.17) is 16.3 Å². The van der Waals surface area contributed by atoms with Gasteiger partial charge in [0.2, 0.25) is 0 Å². The maximum absolute atomic E-state index is 11.8. The molecule has 0 aromatic heterocycles. The second-order valence-electron chi connectivity index (χ2n) is 4.63. The average molecular weight is 306 g/mol. The molecule has 2 aromatic carbocycles. The summed E-state index contributed by atoms with van der Waals surface area (Å²) in [6.07, 6.45) is 0. The van der Waals surface area contributed by atoms with Gasteiger partial charge in [0.1, 0.15) is 5.75 Å². The van der Waals surface area contributed by atoms with Gasteiger partial charge in [-0.1, -0.05) is 29.3 Å². The molecule has 21 heavy (non-hydrogen) atoms. The minimum atomic E-state index is -0.412. The van der Waals surface area contributed by atoms with Crippen molar-refractivity contribution < 1.29 is 14.6 Å². The lowest BCUT2D eigenvalue weighted by molar-refractivity contribution is 0.0601. The van der Waals surface area contributed by atoms with E-state index in [0.717, 1.165) is 5.56 Å². The minimum Gasteiger partial charge on any atom is -0.508 e. The number of aromatic hydroxyl groups is 1. The molecule has 2 aromatic rings. The van der Waals surface area contributed by atoms with Gasteiger partial charge in [-0.2, -0.15) is 0 Å². The Hall–Kier alpha value is -2.20. The third-order valence-electron chi connectivity index (χ3n) is 3.13. The molecule has 0 aliphatic heterocycles. The van der Waals surface area contributed by atoms with Crippen LogP contribution < -0.4 is 5.32 Å². The van der Waals surface area contributed by atoms with Crippen LogP contribution in [0.1, 0.15) is 21.5 Å². The zero-order valence-electron chi connectivity index (χ0n) is 11.8. The average Bonchev–Trinajstić information content (AvgIpc) is 2.47. The number of nitrogens with one attached hydrogen (secondary N) is 1. The van der Waals surface area contributed by atoms with Crippen LogP contribution >= 0.6 is 11.6 Å². The van der Waals surface area contributed by atoms with Crippen molar-refractivity contribution in [2.45, 2.75) is 13.5 Å². The molecule has 0 heterocycles. The van der Waals surface area contributed by atoms with Crippen molar-refractivity contribution in [1.29, 1.82) is 0 Å². The molecule has 0 unspecified atom stereocenters. The number of anilines is 1. The van der Waals surface area contributed by atoms with Gasteiger partial charge in [-0.15, -0.1) is 0 Å². The van der Waals surface area contributed by atoms with Crippen LogP contribution in [-0.2, 0) is 11.3 Å². The predicted octanol–water partition coefficient (Wildman–Crippen LogP) is 3.75. The standard InChI is InChI=1S/C16H16ClNO3/c1-10-6-7-14(11(8-10)16(20)21-2)18-9-12-13(17)4-3-5-15(12)19/h3-8,18-19H,9H2,1-2H3. The zero-order valence-corrected chi connectivity index (χ0v) is 12.6. The number of rotatable bonds is 4. The van der Waals surface area contributed by atoms with Crippen molar-refractivity contribution in [3.8, 4) is 5.75 Å². The molecule has 0 amide bonds. The second kappa shape index (κ2) is 6.50. The normalized spacial score (nSPS) is 10.2. The van der Waals surface area contributed by atoms with E-state index in [2.05, 4.69) is 5.32 Å². The van der Waals surface area contributed by atoms with E-state index in [9.17, 15) is 9.90 Å². The lowest BCUT2D eigenvalue weighted by Crippen LogP contribution is -2.09. The smallest absolute Gasteiger partial charge is 0.339 e. The number of esters is 1. The van der Waals surface area contributed by atoms with Crippen molar-refractivity contribution in [1.82, 2.24) is 0 Å². The van der Waals surface area contributed by atoms with Gasteiger partial charge in [0.25, 0.3) is 0 Å². The Labute approximate surface area is 128 Å². The van der Waals surface area contributed by atoms with Crippen LogP contribution in [0.2, 0.25) is 5.02 Å². The molecule has 0 aliphatic carbocycles. The van der Waals surface area contributed by atoms with E-state index in [-0.39, 0.29) is 5.75 Å². The first kappa shape index (κ1) is 15.2. The monoisotopic (exact) mass is 305 g/mol. The topological polar surface area (TPSA) is 58.6 Å². The second-order valence-corrected chi connectivity index (χ2v) is 5.04. The SMILES string of the molecule is COC(=O)c1cc(C)ccc1NCc1c(O)cccc1Cl. The lowest BCUT2D eigenvalue weighted by Gasteiger charge is -2.13. The van der Waals surface area contributed by atoms with E-state index < -0.39 is 5.97 Å². The maximum atomic E-state index is 11.8. The molecule has 0 radical (unpaired) electrons. The summed E-state index contributed by atoms with van der Waals surface area (Å²) in [5.74, 6) is -0.300. The van der Waals surface area contributed by atoms with Crippen LogP contribution in [0.3, 0.4) is 0 Å². The first-order valence-corrected chi connectivity index (χ1v) is 6.80. The highest BCUT2D eigenvalue weighted by Crippen LogP contribution is 2.27. The quantitative estimate of drug-likeness (QED) is 0.845. The predicted molar refractivity (Wildman–Crippen MR) is 83.0 cm³/mol. The summed E-state index contributed by atoms with van der Waals surface area (Å²) in [4.78, 5) is 11.8. The van der Waals surface area contributed by atoms with Crippen molar-refractivity contribution in [2.24, 2.45) is 0 Å². The molecule has 0 fully saturated rings. The molecule has 0 saturated carbocycles. The molecular weight excluding hydrogens is 290 g/mol. The molecule has 0 atom stereocenters. The fourth-order valence-corrected chi connectivity index (χ4v) is 2.23. The van der Waals surface area contributed by atoms with Gasteiger partial charge in [-0.3, -0.25) is 0 Å². The summed E-state index contributed by atoms with van der Waals surface area (Å²) in [5, 5.41) is 13.4. The minimum absolute atomic E-state index is 0.113. The summed E-state index contributed by atoms with van der Waals surface area (Å²) in [6, 6.07) is 10.4. The van der Waals surface area contributed by atoms with E-state index >= 15 is 0 Å². The first-order valence-electron chi connectivity index (χ1n) is 6.42. The van der Waals surface area contributed by atoms with Gasteiger partial charge < -0.3 is 15.2 Å². The van der Waals surface area contributed by atoms with Crippen LogP contribution in [0.25, 0.3) is 0 Å². The van der Waals surface area contributed by atoms with Gasteiger partial charge in [-0.05, 0) is 31.2 Å². The molecule has 0 aliphatic rings. The van der Waals surface area contributed by atoms with Crippen molar-refractivity contribution in [3.05, 3.63) is 58.1 Å². The largest absolute Gasteiger partial charge is 0.508 e. The van der Waals surface area contributed by atoms with Crippen molar-refractivity contribution >= 4 is 23.3 Å². The molecule has 4 nitrogen and oxygen atoms in total. The molecule has 2 rings (SSSR count). The Morgan fingerprint density at radius 2 is 2.10 bits per heavy atom. The zero-order chi connectivity index (χ0) is 15.4. The van der Waals surface area contributed by atoms with Gasteiger partial charge in [-0.25, -0.2) is 4.79 Å². The Bertz CT molecular complexity index is 650. The van der Waals surface area contributed by atoms with E-state index in [1.807, 2.05) is 13.0 Å². The highest BCUT2D eigenvalue weighted by molar-refractivity contribution is 6.31. The van der Waals surface area contributed by atoms with Crippen LogP contribution in [-0.4, -0.2) is 18.2 Å². The van der Waals surface area contributed by atoms with Crippen LogP contribution in [0.5, 0.6) is 5.75 Å². The van der Waals surface area contributed by atoms with Gasteiger partial charge >= 0.3 is 5.97 Å². The Morgan fingerprint density at radius 3 is 2.76 bits per heavy atom. The van der Waals surface area contributed by atoms with Gasteiger partial charge in [0.15, 0.2) is 0 Å². The number of hydrogen-bond acceptors (Lipinski definition) is 4. The summed E-state index contributed by atoms with van der Waals surface area (Å²) in [6.45, 7) is 2.20. The van der Waals surface area contributed by atoms with E-state index in [1.54, 1.807) is 30.3 Å². The summed E-state index contributed by atoms with van der Waals surface area (Å²) in [7, 11) is 1.34. The maximum Gasteiger partial charge on any atom is 0.339 e. The number of carbonyl (C=O) groups excluding carboxylic acids is 1. The van der Waals surface area contributed by atoms with Crippen molar-refractivity contribution in [3.63, 3.8) is 0 Å². The van der Waals surface area contributed by atoms with E-state index in [0.29, 0.717) is 28.4 Å². The van der Waals surface area contributed by atoms with Crippen LogP contribution in [0.15, 0.2) is 36.4 Å². The third-order valence-corrected chi connectivity index (χ3v) is 3.48.